The van der Waals surface area contributed by atoms with Gasteiger partial charge in [-0.3, -0.25) is 0 Å². The van der Waals surface area contributed by atoms with Crippen LogP contribution in [-0.2, 0) is 4.74 Å². The lowest BCUT2D eigenvalue weighted by Gasteiger charge is -2.22. The van der Waals surface area contributed by atoms with Gasteiger partial charge in [0.2, 0.25) is 0 Å². The zero-order chi connectivity index (χ0) is 11.3. The van der Waals surface area contributed by atoms with Crippen LogP contribution in [0.4, 0.5) is 0 Å². The van der Waals surface area contributed by atoms with Crippen LogP contribution in [0.1, 0.15) is 33.6 Å². The van der Waals surface area contributed by atoms with Crippen LogP contribution in [0, 0.1) is 5.92 Å². The van der Waals surface area contributed by atoms with Crippen LogP contribution >= 0.6 is 0 Å². The Labute approximate surface area is 94.0 Å². The predicted octanol–water partition coefficient (Wildman–Crippen LogP) is 1.47. The number of nitrogens with two attached hydrogens (primary N) is 1. The zero-order valence-electron chi connectivity index (χ0n) is 10.5. The van der Waals surface area contributed by atoms with E-state index in [4.69, 9.17) is 10.5 Å². The van der Waals surface area contributed by atoms with Gasteiger partial charge in [0.05, 0.1) is 12.2 Å². The van der Waals surface area contributed by atoms with Crippen molar-refractivity contribution in [3.63, 3.8) is 0 Å². The van der Waals surface area contributed by atoms with Crippen LogP contribution in [0.3, 0.4) is 0 Å². The minimum atomic E-state index is -0.00359. The molecule has 1 unspecified atom stereocenters. The molecule has 0 aromatic heterocycles. The van der Waals surface area contributed by atoms with Crippen molar-refractivity contribution in [1.82, 2.24) is 4.90 Å². The van der Waals surface area contributed by atoms with Crippen molar-refractivity contribution in [2.45, 2.75) is 39.2 Å². The topological polar surface area (TPSA) is 38.5 Å². The van der Waals surface area contributed by atoms with E-state index in [-0.39, 0.29) is 5.60 Å². The molecule has 1 fully saturated rings. The minimum Gasteiger partial charge on any atom is -0.375 e. The van der Waals surface area contributed by atoms with Gasteiger partial charge in [0.1, 0.15) is 0 Å². The second-order valence-electron chi connectivity index (χ2n) is 5.49. The van der Waals surface area contributed by atoms with E-state index in [1.165, 1.54) is 25.9 Å². The Bertz CT molecular complexity index is 177. The lowest BCUT2D eigenvalue weighted by Crippen LogP contribution is -2.29. The summed E-state index contributed by atoms with van der Waals surface area (Å²) in [5.41, 5.74) is 5.56. The first-order chi connectivity index (χ1) is 7.01. The molecule has 0 aliphatic carbocycles. The molecule has 0 radical (unpaired) electrons. The zero-order valence-corrected chi connectivity index (χ0v) is 10.5. The van der Waals surface area contributed by atoms with Gasteiger partial charge in [0.15, 0.2) is 0 Å². The summed E-state index contributed by atoms with van der Waals surface area (Å²) in [6.07, 6.45) is 2.49. The van der Waals surface area contributed by atoms with Gasteiger partial charge in [-0.15, -0.1) is 0 Å². The summed E-state index contributed by atoms with van der Waals surface area (Å²) in [7, 11) is 0. The molecular weight excluding hydrogens is 188 g/mol. The molecule has 2 N–H and O–H groups in total. The van der Waals surface area contributed by atoms with Crippen LogP contribution in [0.25, 0.3) is 0 Å². The third-order valence-electron chi connectivity index (χ3n) is 2.89. The van der Waals surface area contributed by atoms with E-state index in [1.54, 1.807) is 0 Å². The number of likely N-dealkylation sites (tertiary alicyclic amines) is 1. The van der Waals surface area contributed by atoms with Crippen molar-refractivity contribution in [2.75, 3.05) is 32.8 Å². The maximum absolute atomic E-state index is 5.72. The van der Waals surface area contributed by atoms with Gasteiger partial charge in [-0.05, 0) is 52.6 Å². The van der Waals surface area contributed by atoms with Crippen LogP contribution in [0.2, 0.25) is 0 Å². The van der Waals surface area contributed by atoms with Crippen LogP contribution in [-0.4, -0.2) is 43.3 Å². The molecule has 1 saturated heterocycles. The summed E-state index contributed by atoms with van der Waals surface area (Å²) in [4.78, 5) is 2.49. The standard InChI is InChI=1S/C12H26N2O/c1-12(2,3)15-9-8-14-7-5-11(10-14)4-6-13/h11H,4-10,13H2,1-3H3. The highest BCUT2D eigenvalue weighted by Crippen LogP contribution is 2.18. The van der Waals surface area contributed by atoms with Crippen LogP contribution in [0.15, 0.2) is 0 Å². The highest BCUT2D eigenvalue weighted by molar-refractivity contribution is 4.75. The smallest absolute Gasteiger partial charge is 0.0600 e. The molecule has 15 heavy (non-hydrogen) atoms. The third-order valence-corrected chi connectivity index (χ3v) is 2.89. The summed E-state index contributed by atoms with van der Waals surface area (Å²) in [5, 5.41) is 0. The monoisotopic (exact) mass is 214 g/mol. The summed E-state index contributed by atoms with van der Waals surface area (Å²) in [6, 6.07) is 0. The van der Waals surface area contributed by atoms with Gasteiger partial charge >= 0.3 is 0 Å². The van der Waals surface area contributed by atoms with E-state index in [0.717, 1.165) is 25.6 Å². The first kappa shape index (κ1) is 12.9. The molecule has 0 bridgehead atoms. The first-order valence-electron chi connectivity index (χ1n) is 6.07. The molecule has 1 aliphatic heterocycles. The van der Waals surface area contributed by atoms with Gasteiger partial charge in [-0.1, -0.05) is 0 Å². The second kappa shape index (κ2) is 5.83. The van der Waals surface area contributed by atoms with Gasteiger partial charge < -0.3 is 15.4 Å². The average Bonchev–Trinajstić information content (AvgIpc) is 2.51. The Morgan fingerprint density at radius 3 is 2.73 bits per heavy atom. The molecule has 1 rings (SSSR count). The summed E-state index contributed by atoms with van der Waals surface area (Å²) < 4.78 is 5.72. The van der Waals surface area contributed by atoms with Crippen molar-refractivity contribution in [1.29, 1.82) is 0 Å². The van der Waals surface area contributed by atoms with Crippen molar-refractivity contribution in [3.8, 4) is 0 Å². The number of rotatable bonds is 5. The SMILES string of the molecule is CC(C)(C)OCCN1CCC(CCN)C1. The number of nitrogens with zero attached hydrogens (tertiary/aromatic N) is 1. The normalized spacial score (nSPS) is 23.6. The van der Waals surface area contributed by atoms with Gasteiger partial charge in [-0.2, -0.15) is 0 Å². The molecule has 0 aromatic rings. The highest BCUT2D eigenvalue weighted by atomic mass is 16.5. The molecule has 0 amide bonds. The summed E-state index contributed by atoms with van der Waals surface area (Å²) in [5.74, 6) is 0.824. The number of hydrogen-bond donors (Lipinski definition) is 1. The lowest BCUT2D eigenvalue weighted by atomic mass is 10.1. The fourth-order valence-corrected chi connectivity index (χ4v) is 2.07. The average molecular weight is 214 g/mol. The maximum Gasteiger partial charge on any atom is 0.0600 e. The molecule has 3 nitrogen and oxygen atoms in total. The van der Waals surface area contributed by atoms with E-state index in [0.29, 0.717) is 0 Å². The van der Waals surface area contributed by atoms with Crippen molar-refractivity contribution in [2.24, 2.45) is 11.7 Å². The van der Waals surface area contributed by atoms with Crippen molar-refractivity contribution in [3.05, 3.63) is 0 Å². The quantitative estimate of drug-likeness (QED) is 0.753. The Morgan fingerprint density at radius 2 is 2.13 bits per heavy atom. The van der Waals surface area contributed by atoms with Crippen LogP contribution in [0.5, 0.6) is 0 Å². The van der Waals surface area contributed by atoms with E-state index >= 15 is 0 Å². The third kappa shape index (κ3) is 5.50. The van der Waals surface area contributed by atoms with Gasteiger partial charge in [0, 0.05) is 13.1 Å². The minimum absolute atomic E-state index is 0.00359. The predicted molar refractivity (Wildman–Crippen MR) is 63.9 cm³/mol. The van der Waals surface area contributed by atoms with Gasteiger partial charge in [0.25, 0.3) is 0 Å². The maximum atomic E-state index is 5.72. The number of ether oxygens (including phenoxy) is 1. The Balaban J connectivity index is 2.09. The fourth-order valence-electron chi connectivity index (χ4n) is 2.07. The fraction of sp³-hybridized carbons (Fsp3) is 1.00. The molecule has 1 heterocycles. The molecule has 0 aromatic carbocycles. The number of hydrogen-bond acceptors (Lipinski definition) is 3. The summed E-state index contributed by atoms with van der Waals surface area (Å²) in [6.45, 7) is 11.5. The first-order valence-corrected chi connectivity index (χ1v) is 6.07. The molecule has 3 heteroatoms. The van der Waals surface area contributed by atoms with E-state index in [9.17, 15) is 0 Å². The largest absolute Gasteiger partial charge is 0.375 e. The Morgan fingerprint density at radius 1 is 1.40 bits per heavy atom. The van der Waals surface area contributed by atoms with E-state index < -0.39 is 0 Å². The Hall–Kier alpha value is -0.120. The van der Waals surface area contributed by atoms with Crippen molar-refractivity contribution >= 4 is 0 Å². The molecule has 0 saturated carbocycles. The Kier molecular flexibility index (Phi) is 5.03. The molecule has 0 spiro atoms. The second-order valence-corrected chi connectivity index (χ2v) is 5.49. The molecule has 1 aliphatic rings. The summed E-state index contributed by atoms with van der Waals surface area (Å²) >= 11 is 0. The van der Waals surface area contributed by atoms with E-state index in [1.807, 2.05) is 0 Å². The van der Waals surface area contributed by atoms with Crippen LogP contribution < -0.4 is 5.73 Å². The van der Waals surface area contributed by atoms with Gasteiger partial charge in [-0.25, -0.2) is 0 Å². The van der Waals surface area contributed by atoms with E-state index in [2.05, 4.69) is 25.7 Å². The lowest BCUT2D eigenvalue weighted by molar-refractivity contribution is -0.0112. The molecule has 1 atom stereocenters. The molecule has 90 valence electrons. The molecular formula is C12H26N2O. The van der Waals surface area contributed by atoms with Crippen molar-refractivity contribution < 1.29 is 4.74 Å². The highest BCUT2D eigenvalue weighted by Gasteiger charge is 2.21.